The summed E-state index contributed by atoms with van der Waals surface area (Å²) in [7, 11) is 3.38. The van der Waals surface area contributed by atoms with Crippen LogP contribution >= 0.6 is 11.8 Å². The number of benzene rings is 1. The van der Waals surface area contributed by atoms with Gasteiger partial charge in [-0.3, -0.25) is 4.79 Å². The molecule has 0 aliphatic heterocycles. The number of hydrogen-bond donors (Lipinski definition) is 0. The molecular weight excluding hydrogens is 314 g/mol. The van der Waals surface area contributed by atoms with Gasteiger partial charge in [0.2, 0.25) is 5.91 Å². The molecule has 0 radical (unpaired) electrons. The van der Waals surface area contributed by atoms with E-state index < -0.39 is 0 Å². The smallest absolute Gasteiger partial charge is 0.237 e. The second kappa shape index (κ2) is 8.19. The minimum Gasteiger partial charge on any atom is -0.495 e. The highest BCUT2D eigenvalue weighted by atomic mass is 32.2. The number of aromatic nitrogens is 3. The summed E-state index contributed by atoms with van der Waals surface area (Å²) in [5, 5.41) is 17.2. The zero-order valence-corrected chi connectivity index (χ0v) is 13.8. The van der Waals surface area contributed by atoms with Gasteiger partial charge in [0.15, 0.2) is 5.16 Å². The van der Waals surface area contributed by atoms with Crippen molar-refractivity contribution in [2.24, 2.45) is 7.05 Å². The lowest BCUT2D eigenvalue weighted by Crippen LogP contribution is -2.33. The first-order valence-corrected chi connectivity index (χ1v) is 7.93. The number of ether oxygens (including phenoxy) is 1. The monoisotopic (exact) mass is 331 g/mol. The number of hydrogen-bond acceptors (Lipinski definition) is 6. The van der Waals surface area contributed by atoms with Crippen LogP contribution in [-0.4, -0.2) is 40.1 Å². The third kappa shape index (κ3) is 4.23. The predicted octanol–water partition coefficient (Wildman–Crippen LogP) is 1.86. The van der Waals surface area contributed by atoms with Crippen LogP contribution in [0.3, 0.4) is 0 Å². The molecule has 23 heavy (non-hydrogen) atoms. The molecule has 0 saturated heterocycles. The Bertz CT molecular complexity index is 710. The number of amides is 1. The van der Waals surface area contributed by atoms with Crippen LogP contribution in [0.5, 0.6) is 5.75 Å². The van der Waals surface area contributed by atoms with Crippen LogP contribution in [0.15, 0.2) is 35.7 Å². The van der Waals surface area contributed by atoms with Crippen molar-refractivity contribution in [3.8, 4) is 11.8 Å². The number of methoxy groups -OCH3 is 1. The Morgan fingerprint density at radius 3 is 2.91 bits per heavy atom. The van der Waals surface area contributed by atoms with E-state index in [1.807, 2.05) is 19.2 Å². The predicted molar refractivity (Wildman–Crippen MR) is 87.3 cm³/mol. The van der Waals surface area contributed by atoms with Crippen molar-refractivity contribution in [1.29, 1.82) is 5.26 Å². The molecule has 0 saturated carbocycles. The largest absolute Gasteiger partial charge is 0.495 e. The number of rotatable bonds is 7. The number of para-hydroxylation sites is 2. The van der Waals surface area contributed by atoms with Crippen molar-refractivity contribution in [1.82, 2.24) is 14.8 Å². The minimum absolute atomic E-state index is 0.113. The van der Waals surface area contributed by atoms with Gasteiger partial charge in [0.1, 0.15) is 12.1 Å². The highest BCUT2D eigenvalue weighted by molar-refractivity contribution is 7.99. The summed E-state index contributed by atoms with van der Waals surface area (Å²) < 4.78 is 7.07. The zero-order chi connectivity index (χ0) is 16.7. The Kier molecular flexibility index (Phi) is 6.00. The van der Waals surface area contributed by atoms with Crippen LogP contribution < -0.4 is 9.64 Å². The van der Waals surface area contributed by atoms with Gasteiger partial charge in [0, 0.05) is 13.6 Å². The summed E-state index contributed by atoms with van der Waals surface area (Å²) in [5.74, 6) is 0.691. The van der Waals surface area contributed by atoms with Crippen molar-refractivity contribution in [3.05, 3.63) is 30.6 Å². The molecule has 7 nitrogen and oxygen atoms in total. The van der Waals surface area contributed by atoms with Gasteiger partial charge >= 0.3 is 0 Å². The van der Waals surface area contributed by atoms with Gasteiger partial charge in [-0.25, -0.2) is 0 Å². The molecule has 120 valence electrons. The van der Waals surface area contributed by atoms with Crippen LogP contribution in [0, 0.1) is 11.3 Å². The Morgan fingerprint density at radius 2 is 2.26 bits per heavy atom. The fourth-order valence-corrected chi connectivity index (χ4v) is 2.77. The third-order valence-corrected chi connectivity index (χ3v) is 4.14. The lowest BCUT2D eigenvalue weighted by atomic mass is 10.2. The Labute approximate surface area is 138 Å². The van der Waals surface area contributed by atoms with Gasteiger partial charge in [-0.1, -0.05) is 23.9 Å². The number of thioether (sulfide) groups is 1. The zero-order valence-electron chi connectivity index (χ0n) is 13.0. The molecule has 0 atom stereocenters. The molecule has 1 aromatic heterocycles. The molecular formula is C15H17N5O2S. The van der Waals surface area contributed by atoms with Crippen molar-refractivity contribution >= 4 is 23.4 Å². The molecule has 0 N–H and O–H groups in total. The minimum atomic E-state index is -0.113. The Morgan fingerprint density at radius 1 is 1.48 bits per heavy atom. The highest BCUT2D eigenvalue weighted by Gasteiger charge is 2.19. The number of anilines is 1. The normalized spacial score (nSPS) is 10.1. The summed E-state index contributed by atoms with van der Waals surface area (Å²) in [6, 6.07) is 9.34. The maximum atomic E-state index is 12.6. The van der Waals surface area contributed by atoms with Gasteiger partial charge in [-0.2, -0.15) is 5.26 Å². The van der Waals surface area contributed by atoms with Gasteiger partial charge in [0.25, 0.3) is 0 Å². The number of carbonyl (C=O) groups is 1. The summed E-state index contributed by atoms with van der Waals surface area (Å²) >= 11 is 1.31. The second-order valence-corrected chi connectivity index (χ2v) is 5.58. The number of aryl methyl sites for hydroxylation is 1. The highest BCUT2D eigenvalue weighted by Crippen LogP contribution is 2.28. The van der Waals surface area contributed by atoms with Crippen LogP contribution in [0.4, 0.5) is 5.69 Å². The van der Waals surface area contributed by atoms with Crippen LogP contribution in [0.2, 0.25) is 0 Å². The molecule has 0 aliphatic rings. The molecule has 0 spiro atoms. The third-order valence-electron chi connectivity index (χ3n) is 3.12. The van der Waals surface area contributed by atoms with Gasteiger partial charge in [-0.15, -0.1) is 10.2 Å². The fourth-order valence-electron chi connectivity index (χ4n) is 2.00. The average Bonchev–Trinajstić information content (AvgIpc) is 2.98. The summed E-state index contributed by atoms with van der Waals surface area (Å²) in [6.07, 6.45) is 1.83. The molecule has 0 bridgehead atoms. The van der Waals surface area contributed by atoms with E-state index in [2.05, 4.69) is 16.3 Å². The van der Waals surface area contributed by atoms with Crippen LogP contribution in [0.25, 0.3) is 0 Å². The maximum Gasteiger partial charge on any atom is 0.237 e. The first kappa shape index (κ1) is 16.8. The molecule has 1 aromatic carbocycles. The summed E-state index contributed by atoms with van der Waals surface area (Å²) in [5.41, 5.74) is 0.661. The van der Waals surface area contributed by atoms with E-state index in [9.17, 15) is 4.79 Å². The average molecular weight is 331 g/mol. The van der Waals surface area contributed by atoms with E-state index in [1.54, 1.807) is 35.0 Å². The van der Waals surface area contributed by atoms with E-state index in [1.165, 1.54) is 11.8 Å². The quantitative estimate of drug-likeness (QED) is 0.720. The standard InChI is InChI=1S/C15H17N5O2S/c1-19-11-17-18-15(19)23-10-14(21)20(9-5-8-16)12-6-3-4-7-13(12)22-2/h3-4,6-7,11H,5,9-10H2,1-2H3. The van der Waals surface area contributed by atoms with Crippen molar-refractivity contribution in [2.45, 2.75) is 11.6 Å². The van der Waals surface area contributed by atoms with E-state index in [0.29, 0.717) is 23.1 Å². The number of nitriles is 1. The molecule has 1 amide bonds. The van der Waals surface area contributed by atoms with Gasteiger partial charge in [-0.05, 0) is 12.1 Å². The molecule has 0 aliphatic carbocycles. The molecule has 0 fully saturated rings. The molecule has 0 unspecified atom stereocenters. The SMILES string of the molecule is COc1ccccc1N(CCC#N)C(=O)CSc1nncn1C. The van der Waals surface area contributed by atoms with Crippen molar-refractivity contribution in [2.75, 3.05) is 24.3 Å². The first-order valence-electron chi connectivity index (χ1n) is 6.94. The molecule has 2 aromatic rings. The van der Waals surface area contributed by atoms with E-state index in [0.717, 1.165) is 0 Å². The summed E-state index contributed by atoms with van der Waals surface area (Å²) in [4.78, 5) is 14.2. The Balaban J connectivity index is 2.15. The Hall–Kier alpha value is -2.53. The van der Waals surface area contributed by atoms with Crippen molar-refractivity contribution < 1.29 is 9.53 Å². The topological polar surface area (TPSA) is 84.0 Å². The summed E-state index contributed by atoms with van der Waals surface area (Å²) in [6.45, 7) is 0.315. The van der Waals surface area contributed by atoms with E-state index in [-0.39, 0.29) is 18.1 Å². The van der Waals surface area contributed by atoms with E-state index >= 15 is 0 Å². The van der Waals surface area contributed by atoms with Crippen LogP contribution in [-0.2, 0) is 11.8 Å². The number of carbonyl (C=O) groups excluding carboxylic acids is 1. The number of nitrogens with zero attached hydrogens (tertiary/aromatic N) is 5. The molecule has 8 heteroatoms. The maximum absolute atomic E-state index is 12.6. The van der Waals surface area contributed by atoms with Gasteiger partial charge < -0.3 is 14.2 Å². The van der Waals surface area contributed by atoms with Crippen LogP contribution in [0.1, 0.15) is 6.42 Å². The second-order valence-electron chi connectivity index (χ2n) is 4.64. The molecule has 1 heterocycles. The van der Waals surface area contributed by atoms with Gasteiger partial charge in [0.05, 0.1) is 31.0 Å². The first-order chi connectivity index (χ1) is 11.2. The molecule has 2 rings (SSSR count). The lowest BCUT2D eigenvalue weighted by molar-refractivity contribution is -0.116. The lowest BCUT2D eigenvalue weighted by Gasteiger charge is -2.23. The van der Waals surface area contributed by atoms with E-state index in [4.69, 9.17) is 10.00 Å². The fraction of sp³-hybridized carbons (Fsp3) is 0.333. The van der Waals surface area contributed by atoms with Crippen molar-refractivity contribution in [3.63, 3.8) is 0 Å².